The number of nitrogens with zero attached hydrogens (tertiary/aromatic N) is 1. The number of benzene rings is 2. The number of sulfonamides is 1. The second-order valence-electron chi connectivity index (χ2n) is 7.17. The molecule has 0 aliphatic carbocycles. The molecule has 1 amide bonds. The number of amides is 1. The number of ether oxygens (including phenoxy) is 1. The zero-order chi connectivity index (χ0) is 21.6. The normalized spacial score (nSPS) is 15.5. The molecule has 1 aliphatic heterocycles. The molecule has 0 spiro atoms. The van der Waals surface area contributed by atoms with Crippen molar-refractivity contribution in [3.05, 3.63) is 71.2 Å². The van der Waals surface area contributed by atoms with Gasteiger partial charge in [0.05, 0.1) is 5.75 Å². The number of piperidine rings is 1. The van der Waals surface area contributed by atoms with E-state index in [0.717, 1.165) is 10.0 Å². The Bertz CT molecular complexity index is 967. The fraction of sp³-hybridized carbons (Fsp3) is 0.318. The van der Waals surface area contributed by atoms with Crippen LogP contribution in [-0.2, 0) is 20.6 Å². The first-order valence-corrected chi connectivity index (χ1v) is 12.1. The number of hydrogen-bond acceptors (Lipinski definition) is 4. The maximum Gasteiger partial charge on any atom is 0.227 e. The molecule has 0 atom stereocenters. The highest BCUT2D eigenvalue weighted by Crippen LogP contribution is 2.24. The van der Waals surface area contributed by atoms with Gasteiger partial charge in [-0.15, -0.1) is 0 Å². The summed E-state index contributed by atoms with van der Waals surface area (Å²) in [5, 5.41) is 2.91. The van der Waals surface area contributed by atoms with Crippen LogP contribution in [0.15, 0.2) is 65.7 Å². The van der Waals surface area contributed by atoms with Crippen molar-refractivity contribution in [3.63, 3.8) is 0 Å². The second-order valence-corrected chi connectivity index (χ2v) is 10.1. The summed E-state index contributed by atoms with van der Waals surface area (Å²) in [6, 6.07) is 14.4. The van der Waals surface area contributed by atoms with Crippen molar-refractivity contribution in [2.24, 2.45) is 5.92 Å². The highest BCUT2D eigenvalue weighted by Gasteiger charge is 2.31. The van der Waals surface area contributed by atoms with Crippen molar-refractivity contribution in [1.82, 2.24) is 4.31 Å². The van der Waals surface area contributed by atoms with E-state index in [1.807, 2.05) is 12.1 Å². The quantitative estimate of drug-likeness (QED) is 0.560. The SMILES string of the molecule is C=CCOc1ccc(NC(=O)C2CCN(S(=O)(=O)Cc3ccc(Br)cc3)CC2)cc1. The average molecular weight is 493 g/mol. The molecule has 2 aromatic rings. The third-order valence-electron chi connectivity index (χ3n) is 4.97. The first-order chi connectivity index (χ1) is 14.4. The third-order valence-corrected chi connectivity index (χ3v) is 7.35. The summed E-state index contributed by atoms with van der Waals surface area (Å²) in [6.45, 7) is 4.73. The summed E-state index contributed by atoms with van der Waals surface area (Å²) in [7, 11) is -3.40. The van der Waals surface area contributed by atoms with Gasteiger partial charge in [0.2, 0.25) is 15.9 Å². The van der Waals surface area contributed by atoms with Crippen LogP contribution in [-0.4, -0.2) is 38.3 Å². The number of hydrogen-bond donors (Lipinski definition) is 1. The molecule has 6 nitrogen and oxygen atoms in total. The molecule has 0 bridgehead atoms. The van der Waals surface area contributed by atoms with Crippen LogP contribution in [0.5, 0.6) is 5.75 Å². The fourth-order valence-electron chi connectivity index (χ4n) is 3.31. The van der Waals surface area contributed by atoms with E-state index in [1.165, 1.54) is 4.31 Å². The van der Waals surface area contributed by atoms with E-state index in [0.29, 0.717) is 44.0 Å². The summed E-state index contributed by atoms with van der Waals surface area (Å²) in [5.74, 6) is 0.384. The van der Waals surface area contributed by atoms with Crippen LogP contribution in [0.4, 0.5) is 5.69 Å². The molecule has 0 unspecified atom stereocenters. The minimum absolute atomic E-state index is 0.0303. The van der Waals surface area contributed by atoms with Gasteiger partial charge in [-0.05, 0) is 54.8 Å². The Morgan fingerprint density at radius 2 is 1.77 bits per heavy atom. The number of carbonyl (C=O) groups is 1. The standard InChI is InChI=1S/C22H25BrN2O4S/c1-2-15-29-21-9-7-20(8-10-21)24-22(26)18-11-13-25(14-12-18)30(27,28)16-17-3-5-19(23)6-4-17/h2-10,18H,1,11-16H2,(H,24,26). The summed E-state index contributed by atoms with van der Waals surface area (Å²) in [5.41, 5.74) is 1.44. The molecule has 160 valence electrons. The van der Waals surface area contributed by atoms with Gasteiger partial charge in [-0.2, -0.15) is 0 Å². The van der Waals surface area contributed by atoms with E-state index in [-0.39, 0.29) is 17.6 Å². The van der Waals surface area contributed by atoms with Crippen molar-refractivity contribution < 1.29 is 17.9 Å². The summed E-state index contributed by atoms with van der Waals surface area (Å²) < 4.78 is 33.3. The van der Waals surface area contributed by atoms with Gasteiger partial charge in [0.25, 0.3) is 0 Å². The molecule has 1 heterocycles. The predicted molar refractivity (Wildman–Crippen MR) is 122 cm³/mol. The Morgan fingerprint density at radius 3 is 2.37 bits per heavy atom. The smallest absolute Gasteiger partial charge is 0.227 e. The fourth-order valence-corrected chi connectivity index (χ4v) is 5.14. The minimum atomic E-state index is -3.40. The maximum atomic E-state index is 12.7. The van der Waals surface area contributed by atoms with E-state index in [9.17, 15) is 13.2 Å². The van der Waals surface area contributed by atoms with Crippen molar-refractivity contribution >= 4 is 37.5 Å². The summed E-state index contributed by atoms with van der Waals surface area (Å²) >= 11 is 3.35. The van der Waals surface area contributed by atoms with Crippen molar-refractivity contribution in [2.45, 2.75) is 18.6 Å². The van der Waals surface area contributed by atoms with Crippen LogP contribution in [0.3, 0.4) is 0 Å². The van der Waals surface area contributed by atoms with Crippen LogP contribution >= 0.6 is 15.9 Å². The summed E-state index contributed by atoms with van der Waals surface area (Å²) in [6.07, 6.45) is 2.68. The molecule has 0 saturated carbocycles. The Labute approximate surface area is 186 Å². The van der Waals surface area contributed by atoms with Crippen LogP contribution in [0.2, 0.25) is 0 Å². The Balaban J connectivity index is 1.51. The molecular formula is C22H25BrN2O4S. The van der Waals surface area contributed by atoms with Crippen LogP contribution < -0.4 is 10.1 Å². The van der Waals surface area contributed by atoms with Crippen LogP contribution in [0, 0.1) is 5.92 Å². The van der Waals surface area contributed by atoms with Gasteiger partial charge < -0.3 is 10.1 Å². The van der Waals surface area contributed by atoms with E-state index in [2.05, 4.69) is 27.8 Å². The highest BCUT2D eigenvalue weighted by atomic mass is 79.9. The first kappa shape index (κ1) is 22.5. The molecule has 8 heteroatoms. The van der Waals surface area contributed by atoms with Crippen molar-refractivity contribution in [1.29, 1.82) is 0 Å². The first-order valence-electron chi connectivity index (χ1n) is 9.74. The number of nitrogens with one attached hydrogen (secondary N) is 1. The zero-order valence-corrected chi connectivity index (χ0v) is 19.0. The van der Waals surface area contributed by atoms with Crippen molar-refractivity contribution in [2.75, 3.05) is 25.0 Å². The Kier molecular flexibility index (Phi) is 7.69. The molecule has 30 heavy (non-hydrogen) atoms. The molecule has 0 aromatic heterocycles. The van der Waals surface area contributed by atoms with Gasteiger partial charge in [0.1, 0.15) is 12.4 Å². The monoisotopic (exact) mass is 492 g/mol. The van der Waals surface area contributed by atoms with Gasteiger partial charge in [-0.1, -0.05) is 40.7 Å². The molecule has 1 fully saturated rings. The van der Waals surface area contributed by atoms with Crippen LogP contribution in [0.25, 0.3) is 0 Å². The van der Waals surface area contributed by atoms with E-state index in [4.69, 9.17) is 4.74 Å². The minimum Gasteiger partial charge on any atom is -0.490 e. The van der Waals surface area contributed by atoms with E-state index >= 15 is 0 Å². The lowest BCUT2D eigenvalue weighted by Gasteiger charge is -2.30. The lowest BCUT2D eigenvalue weighted by molar-refractivity contribution is -0.120. The number of anilines is 1. The topological polar surface area (TPSA) is 75.7 Å². The summed E-state index contributed by atoms with van der Waals surface area (Å²) in [4.78, 5) is 12.6. The van der Waals surface area contributed by atoms with Crippen molar-refractivity contribution in [3.8, 4) is 5.75 Å². The van der Waals surface area contributed by atoms with Gasteiger partial charge in [-0.25, -0.2) is 12.7 Å². The average Bonchev–Trinajstić information content (AvgIpc) is 2.75. The van der Waals surface area contributed by atoms with E-state index < -0.39 is 10.0 Å². The molecular weight excluding hydrogens is 468 g/mol. The van der Waals surface area contributed by atoms with Gasteiger partial charge in [0, 0.05) is 29.2 Å². The number of rotatable bonds is 8. The highest BCUT2D eigenvalue weighted by molar-refractivity contribution is 9.10. The molecule has 1 N–H and O–H groups in total. The van der Waals surface area contributed by atoms with Crippen LogP contribution in [0.1, 0.15) is 18.4 Å². The Hall–Kier alpha value is -2.16. The second kappa shape index (κ2) is 10.2. The molecule has 2 aromatic carbocycles. The van der Waals surface area contributed by atoms with Gasteiger partial charge >= 0.3 is 0 Å². The predicted octanol–water partition coefficient (Wildman–Crippen LogP) is 4.19. The molecule has 1 aliphatic rings. The largest absolute Gasteiger partial charge is 0.490 e. The van der Waals surface area contributed by atoms with Gasteiger partial charge in [-0.3, -0.25) is 4.79 Å². The van der Waals surface area contributed by atoms with Gasteiger partial charge in [0.15, 0.2) is 0 Å². The number of halogens is 1. The molecule has 3 rings (SSSR count). The number of carbonyl (C=O) groups excluding carboxylic acids is 1. The third kappa shape index (κ3) is 6.17. The maximum absolute atomic E-state index is 12.7. The lowest BCUT2D eigenvalue weighted by Crippen LogP contribution is -2.41. The lowest BCUT2D eigenvalue weighted by atomic mass is 9.97. The molecule has 1 saturated heterocycles. The van der Waals surface area contributed by atoms with E-state index in [1.54, 1.807) is 42.5 Å². The zero-order valence-electron chi connectivity index (χ0n) is 16.6. The Morgan fingerprint density at radius 1 is 1.13 bits per heavy atom. The molecule has 0 radical (unpaired) electrons.